The monoisotopic (exact) mass is 251 g/mol. The third-order valence-electron chi connectivity index (χ3n) is 1.90. The molecule has 0 aliphatic rings. The van der Waals surface area contributed by atoms with Gasteiger partial charge in [-0.3, -0.25) is 0 Å². The molecular formula is C9H10NNaO4S. The first-order valence-corrected chi connectivity index (χ1v) is 5.96. The van der Waals surface area contributed by atoms with Gasteiger partial charge in [0.25, 0.3) is 5.88 Å². The van der Waals surface area contributed by atoms with Gasteiger partial charge in [0, 0.05) is 0 Å². The number of benzene rings is 1. The molecule has 16 heavy (non-hydrogen) atoms. The Labute approximate surface area is 115 Å². The molecule has 5 nitrogen and oxygen atoms in total. The summed E-state index contributed by atoms with van der Waals surface area (Å²) in [6.45, 7) is 1.50. The summed E-state index contributed by atoms with van der Waals surface area (Å²) in [5, 5.41) is 4.10. The summed E-state index contributed by atoms with van der Waals surface area (Å²) in [4.78, 5) is 0. The van der Waals surface area contributed by atoms with Crippen molar-refractivity contribution in [3.63, 3.8) is 0 Å². The van der Waals surface area contributed by atoms with Crippen molar-refractivity contribution in [2.45, 2.75) is 6.92 Å². The van der Waals surface area contributed by atoms with E-state index >= 15 is 0 Å². The maximum atomic E-state index is 11.2. The zero-order valence-electron chi connectivity index (χ0n) is 8.00. The first-order chi connectivity index (χ1) is 7.12. The SMILES string of the molecule is CCS(=O)(=O)Oc1noc2ccccc12.[NaH]. The van der Waals surface area contributed by atoms with Gasteiger partial charge in [0.15, 0.2) is 5.58 Å². The Morgan fingerprint density at radius 1 is 1.38 bits per heavy atom. The zero-order valence-corrected chi connectivity index (χ0v) is 8.82. The van der Waals surface area contributed by atoms with Gasteiger partial charge in [0.1, 0.15) is 0 Å². The molecule has 0 saturated carbocycles. The van der Waals surface area contributed by atoms with E-state index in [2.05, 4.69) is 5.16 Å². The molecule has 0 amide bonds. The molecular weight excluding hydrogens is 241 g/mol. The summed E-state index contributed by atoms with van der Waals surface area (Å²) in [6, 6.07) is 6.90. The van der Waals surface area contributed by atoms with Crippen molar-refractivity contribution >= 4 is 50.6 Å². The van der Waals surface area contributed by atoms with Crippen LogP contribution in [0, 0.1) is 0 Å². The van der Waals surface area contributed by atoms with Crippen LogP contribution in [-0.2, 0) is 10.1 Å². The summed E-state index contributed by atoms with van der Waals surface area (Å²) in [7, 11) is -3.56. The van der Waals surface area contributed by atoms with E-state index in [1.165, 1.54) is 6.92 Å². The number of aromatic nitrogens is 1. The van der Waals surface area contributed by atoms with E-state index in [-0.39, 0.29) is 41.2 Å². The van der Waals surface area contributed by atoms with Crippen LogP contribution in [0.1, 0.15) is 6.92 Å². The molecule has 0 unspecified atom stereocenters. The minimum absolute atomic E-state index is 0. The van der Waals surface area contributed by atoms with Crippen molar-refractivity contribution < 1.29 is 17.1 Å². The van der Waals surface area contributed by atoms with Gasteiger partial charge in [-0.2, -0.15) is 8.42 Å². The second kappa shape index (κ2) is 5.18. The molecule has 0 aliphatic carbocycles. The van der Waals surface area contributed by atoms with Crippen LogP contribution in [0.2, 0.25) is 0 Å². The van der Waals surface area contributed by atoms with Crippen LogP contribution in [0.15, 0.2) is 28.8 Å². The van der Waals surface area contributed by atoms with E-state index in [0.29, 0.717) is 11.0 Å². The predicted octanol–water partition coefficient (Wildman–Crippen LogP) is 0.908. The normalized spacial score (nSPS) is 11.1. The van der Waals surface area contributed by atoms with Gasteiger partial charge in [-0.25, -0.2) is 0 Å². The topological polar surface area (TPSA) is 69.4 Å². The molecule has 0 atom stereocenters. The van der Waals surface area contributed by atoms with E-state index in [4.69, 9.17) is 8.71 Å². The third kappa shape index (κ3) is 2.76. The van der Waals surface area contributed by atoms with Gasteiger partial charge in [0.2, 0.25) is 0 Å². The van der Waals surface area contributed by atoms with Crippen LogP contribution in [0.4, 0.5) is 0 Å². The molecule has 1 aromatic heterocycles. The zero-order chi connectivity index (χ0) is 10.9. The standard InChI is InChI=1S/C9H9NO4S.Na.H/c1-2-15(11,12)14-9-7-5-3-4-6-8(7)13-10-9;;/h3-6H,2H2,1H3;;. The number of rotatable bonds is 3. The van der Waals surface area contributed by atoms with Gasteiger partial charge in [0.05, 0.1) is 11.1 Å². The van der Waals surface area contributed by atoms with Crippen molar-refractivity contribution in [3.05, 3.63) is 24.3 Å². The third-order valence-corrected chi connectivity index (χ3v) is 3.02. The average Bonchev–Trinajstić information content (AvgIpc) is 2.62. The molecule has 0 saturated heterocycles. The first-order valence-electron chi connectivity index (χ1n) is 4.39. The first kappa shape index (κ1) is 13.5. The van der Waals surface area contributed by atoms with Crippen LogP contribution >= 0.6 is 0 Å². The Morgan fingerprint density at radius 3 is 2.75 bits per heavy atom. The molecule has 0 spiro atoms. The number of hydrogen-bond acceptors (Lipinski definition) is 5. The minimum atomic E-state index is -3.56. The second-order valence-corrected chi connectivity index (χ2v) is 4.77. The number of para-hydroxylation sites is 1. The summed E-state index contributed by atoms with van der Waals surface area (Å²) in [5.74, 6) is -0.110. The molecule has 2 aromatic rings. The van der Waals surface area contributed by atoms with Crippen LogP contribution in [0.5, 0.6) is 5.88 Å². The van der Waals surface area contributed by atoms with Crippen molar-refractivity contribution in [2.75, 3.05) is 5.75 Å². The van der Waals surface area contributed by atoms with E-state index in [1.54, 1.807) is 24.3 Å². The van der Waals surface area contributed by atoms with Crippen LogP contribution in [0.25, 0.3) is 11.0 Å². The maximum absolute atomic E-state index is 11.2. The van der Waals surface area contributed by atoms with Gasteiger partial charge >= 0.3 is 39.7 Å². The molecule has 2 rings (SSSR count). The van der Waals surface area contributed by atoms with Crippen LogP contribution in [0.3, 0.4) is 0 Å². The van der Waals surface area contributed by atoms with Crippen molar-refractivity contribution in [1.29, 1.82) is 0 Å². The summed E-state index contributed by atoms with van der Waals surface area (Å²) in [6.07, 6.45) is 0. The van der Waals surface area contributed by atoms with Crippen molar-refractivity contribution in [1.82, 2.24) is 5.16 Å². The van der Waals surface area contributed by atoms with Crippen molar-refractivity contribution in [3.8, 4) is 5.88 Å². The van der Waals surface area contributed by atoms with Gasteiger partial charge in [-0.05, 0) is 24.2 Å². The van der Waals surface area contributed by atoms with E-state index < -0.39 is 10.1 Å². The molecule has 1 heterocycles. The van der Waals surface area contributed by atoms with Gasteiger partial charge < -0.3 is 8.71 Å². The molecule has 7 heteroatoms. The Hall–Kier alpha value is -0.560. The average molecular weight is 251 g/mol. The fourth-order valence-corrected chi connectivity index (χ4v) is 1.58. The second-order valence-electron chi connectivity index (χ2n) is 2.91. The molecule has 0 aliphatic heterocycles. The summed E-state index contributed by atoms with van der Waals surface area (Å²) < 4.78 is 32.1. The summed E-state index contributed by atoms with van der Waals surface area (Å²) in [5.41, 5.74) is 0.499. The Bertz CT molecular complexity index is 578. The fourth-order valence-electron chi connectivity index (χ4n) is 1.10. The molecule has 0 fully saturated rings. The molecule has 0 bridgehead atoms. The van der Waals surface area contributed by atoms with Crippen molar-refractivity contribution in [2.24, 2.45) is 0 Å². The fraction of sp³-hybridized carbons (Fsp3) is 0.222. The number of nitrogens with zero attached hydrogens (tertiary/aromatic N) is 1. The number of fused-ring (bicyclic) bond motifs is 1. The van der Waals surface area contributed by atoms with Crippen LogP contribution < -0.4 is 4.18 Å². The molecule has 0 N–H and O–H groups in total. The summed E-state index contributed by atoms with van der Waals surface area (Å²) >= 11 is 0. The van der Waals surface area contributed by atoms with Crippen LogP contribution in [-0.4, -0.2) is 48.9 Å². The molecule has 0 radical (unpaired) electrons. The number of hydrogen-bond donors (Lipinski definition) is 0. The molecule has 82 valence electrons. The predicted molar refractivity (Wildman–Crippen MR) is 61.2 cm³/mol. The Morgan fingerprint density at radius 2 is 2.06 bits per heavy atom. The van der Waals surface area contributed by atoms with Gasteiger partial charge in [-0.15, -0.1) is 0 Å². The van der Waals surface area contributed by atoms with E-state index in [1.807, 2.05) is 0 Å². The van der Waals surface area contributed by atoms with E-state index in [9.17, 15) is 8.42 Å². The Balaban J connectivity index is 0.00000128. The molecule has 1 aromatic carbocycles. The van der Waals surface area contributed by atoms with Gasteiger partial charge in [-0.1, -0.05) is 12.1 Å². The van der Waals surface area contributed by atoms with E-state index in [0.717, 1.165) is 0 Å². The Kier molecular flexibility index (Phi) is 4.37. The quantitative estimate of drug-likeness (QED) is 0.599.